The maximum absolute atomic E-state index is 6.37. The van der Waals surface area contributed by atoms with Crippen LogP contribution in [0, 0.1) is 6.92 Å². The predicted molar refractivity (Wildman–Crippen MR) is 72.8 cm³/mol. The summed E-state index contributed by atoms with van der Waals surface area (Å²) in [6.07, 6.45) is 0.823. The summed E-state index contributed by atoms with van der Waals surface area (Å²) in [5.41, 5.74) is 2.52. The molecule has 84 valence electrons. The molecule has 0 N–H and O–H groups in total. The van der Waals surface area contributed by atoms with Gasteiger partial charge in [-0.25, -0.2) is 0 Å². The lowest BCUT2D eigenvalue weighted by atomic mass is 10.1. The highest BCUT2D eigenvalue weighted by molar-refractivity contribution is 7.11. The molecular weight excluding hydrogens is 259 g/mol. The molecule has 1 heterocycles. The van der Waals surface area contributed by atoms with Crippen LogP contribution in [0.1, 0.15) is 21.4 Å². The fourth-order valence-electron chi connectivity index (χ4n) is 1.67. The van der Waals surface area contributed by atoms with E-state index in [1.54, 1.807) is 11.3 Å². The quantitative estimate of drug-likeness (QED) is 0.670. The first kappa shape index (κ1) is 12.0. The van der Waals surface area contributed by atoms with Gasteiger partial charge < -0.3 is 0 Å². The highest BCUT2D eigenvalue weighted by atomic mass is 35.5. The highest BCUT2D eigenvalue weighted by Crippen LogP contribution is 2.34. The van der Waals surface area contributed by atoms with Gasteiger partial charge in [-0.1, -0.05) is 41.4 Å². The van der Waals surface area contributed by atoms with Crippen molar-refractivity contribution in [1.29, 1.82) is 0 Å². The first-order chi connectivity index (χ1) is 7.66. The van der Waals surface area contributed by atoms with Crippen LogP contribution < -0.4 is 0 Å². The van der Waals surface area contributed by atoms with Crippen LogP contribution in [0.3, 0.4) is 0 Å². The largest absolute Gasteiger partial charge is 0.146 e. The minimum absolute atomic E-state index is 0.0331. The summed E-state index contributed by atoms with van der Waals surface area (Å²) < 4.78 is 0. The Labute approximate surface area is 110 Å². The summed E-state index contributed by atoms with van der Waals surface area (Å²) in [4.78, 5) is 1.06. The van der Waals surface area contributed by atoms with Gasteiger partial charge >= 0.3 is 0 Å². The lowest BCUT2D eigenvalue weighted by molar-refractivity contribution is 0.938. The van der Waals surface area contributed by atoms with Crippen molar-refractivity contribution < 1.29 is 0 Å². The first-order valence-corrected chi connectivity index (χ1v) is 6.78. The van der Waals surface area contributed by atoms with Gasteiger partial charge in [0.15, 0.2) is 0 Å². The number of thiophene rings is 1. The van der Waals surface area contributed by atoms with Crippen LogP contribution >= 0.6 is 34.5 Å². The summed E-state index contributed by atoms with van der Waals surface area (Å²) in [5, 5.41) is 2.72. The van der Waals surface area contributed by atoms with E-state index in [1.165, 1.54) is 11.1 Å². The molecule has 0 fully saturated rings. The second kappa shape index (κ2) is 5.22. The Kier molecular flexibility index (Phi) is 3.91. The molecule has 2 rings (SSSR count). The topological polar surface area (TPSA) is 0 Å². The molecule has 16 heavy (non-hydrogen) atoms. The Bertz CT molecular complexity index is 476. The molecule has 1 aromatic carbocycles. The van der Waals surface area contributed by atoms with E-state index in [9.17, 15) is 0 Å². The van der Waals surface area contributed by atoms with Gasteiger partial charge in [-0.05, 0) is 30.4 Å². The highest BCUT2D eigenvalue weighted by Gasteiger charge is 2.13. The molecule has 0 saturated carbocycles. The Morgan fingerprint density at radius 2 is 2.12 bits per heavy atom. The van der Waals surface area contributed by atoms with E-state index in [4.69, 9.17) is 23.2 Å². The zero-order valence-corrected chi connectivity index (χ0v) is 11.2. The minimum Gasteiger partial charge on any atom is -0.146 e. The smallest absolute Gasteiger partial charge is 0.0733 e. The second-order valence-electron chi connectivity index (χ2n) is 3.79. The molecule has 0 aliphatic rings. The van der Waals surface area contributed by atoms with Crippen LogP contribution in [0.5, 0.6) is 0 Å². The number of hydrogen-bond acceptors (Lipinski definition) is 1. The van der Waals surface area contributed by atoms with E-state index >= 15 is 0 Å². The van der Waals surface area contributed by atoms with Gasteiger partial charge in [0.25, 0.3) is 0 Å². The first-order valence-electron chi connectivity index (χ1n) is 5.09. The molecule has 1 aromatic heterocycles. The third kappa shape index (κ3) is 2.79. The van der Waals surface area contributed by atoms with Gasteiger partial charge in [0.1, 0.15) is 0 Å². The van der Waals surface area contributed by atoms with E-state index in [1.807, 2.05) is 11.4 Å². The number of alkyl halides is 1. The third-order valence-corrected chi connectivity index (χ3v) is 4.40. The molecule has 0 saturated heterocycles. The number of hydrogen-bond donors (Lipinski definition) is 0. The van der Waals surface area contributed by atoms with Crippen molar-refractivity contribution in [3.05, 3.63) is 56.7 Å². The predicted octanol–water partition coefficient (Wildman–Crippen LogP) is 5.23. The fraction of sp³-hybridized carbons (Fsp3) is 0.231. The van der Waals surface area contributed by atoms with E-state index < -0.39 is 0 Å². The van der Waals surface area contributed by atoms with Crippen LogP contribution in [0.25, 0.3) is 0 Å². The molecule has 1 unspecified atom stereocenters. The van der Waals surface area contributed by atoms with Gasteiger partial charge in [-0.15, -0.1) is 22.9 Å². The average molecular weight is 271 g/mol. The van der Waals surface area contributed by atoms with Crippen LogP contribution in [0.2, 0.25) is 5.02 Å². The molecule has 0 bridgehead atoms. The SMILES string of the molecule is Cc1cccc(CC(Cl)c2sccc2Cl)c1. The van der Waals surface area contributed by atoms with Crippen LogP contribution in [0.4, 0.5) is 0 Å². The van der Waals surface area contributed by atoms with E-state index in [0.29, 0.717) is 0 Å². The van der Waals surface area contributed by atoms with Crippen molar-refractivity contribution in [3.8, 4) is 0 Å². The van der Waals surface area contributed by atoms with Crippen molar-refractivity contribution in [1.82, 2.24) is 0 Å². The van der Waals surface area contributed by atoms with Crippen molar-refractivity contribution in [2.75, 3.05) is 0 Å². The lowest BCUT2D eigenvalue weighted by Crippen LogP contribution is -1.94. The molecule has 0 amide bonds. The molecule has 0 nitrogen and oxygen atoms in total. The van der Waals surface area contributed by atoms with Gasteiger partial charge in [0.05, 0.1) is 10.4 Å². The maximum Gasteiger partial charge on any atom is 0.0733 e. The normalized spacial score (nSPS) is 12.7. The standard InChI is InChI=1S/C13H12Cl2S/c1-9-3-2-4-10(7-9)8-12(15)13-11(14)5-6-16-13/h2-7,12H,8H2,1H3. The number of benzene rings is 1. The number of halogens is 2. The monoisotopic (exact) mass is 270 g/mol. The molecular formula is C13H12Cl2S. The number of rotatable bonds is 3. The summed E-state index contributed by atoms with van der Waals surface area (Å²) in [6, 6.07) is 10.3. The molecule has 0 aliphatic carbocycles. The van der Waals surface area contributed by atoms with Crippen molar-refractivity contribution >= 4 is 34.5 Å². The molecule has 0 radical (unpaired) electrons. The Morgan fingerprint density at radius 1 is 1.31 bits per heavy atom. The Morgan fingerprint density at radius 3 is 2.75 bits per heavy atom. The van der Waals surface area contributed by atoms with Crippen LogP contribution in [-0.4, -0.2) is 0 Å². The average Bonchev–Trinajstić information content (AvgIpc) is 2.64. The van der Waals surface area contributed by atoms with Crippen molar-refractivity contribution in [3.63, 3.8) is 0 Å². The minimum atomic E-state index is -0.0331. The fourth-order valence-corrected chi connectivity index (χ4v) is 3.34. The van der Waals surface area contributed by atoms with Crippen molar-refractivity contribution in [2.45, 2.75) is 18.7 Å². The molecule has 0 aliphatic heterocycles. The van der Waals surface area contributed by atoms with Gasteiger partial charge in [-0.3, -0.25) is 0 Å². The molecule has 2 aromatic rings. The Balaban J connectivity index is 2.14. The summed E-state index contributed by atoms with van der Waals surface area (Å²) in [6.45, 7) is 2.09. The molecule has 0 spiro atoms. The summed E-state index contributed by atoms with van der Waals surface area (Å²) >= 11 is 14.0. The van der Waals surface area contributed by atoms with Gasteiger partial charge in [0.2, 0.25) is 0 Å². The molecule has 1 atom stereocenters. The van der Waals surface area contributed by atoms with Gasteiger partial charge in [0, 0.05) is 4.88 Å². The zero-order valence-electron chi connectivity index (χ0n) is 8.91. The van der Waals surface area contributed by atoms with Crippen LogP contribution in [0.15, 0.2) is 35.7 Å². The number of aryl methyl sites for hydroxylation is 1. The Hall–Kier alpha value is -0.500. The summed E-state index contributed by atoms with van der Waals surface area (Å²) in [5.74, 6) is 0. The maximum atomic E-state index is 6.37. The third-order valence-electron chi connectivity index (χ3n) is 2.43. The van der Waals surface area contributed by atoms with E-state index in [0.717, 1.165) is 16.3 Å². The zero-order chi connectivity index (χ0) is 11.5. The molecule has 3 heteroatoms. The summed E-state index contributed by atoms with van der Waals surface area (Å²) in [7, 11) is 0. The van der Waals surface area contributed by atoms with Gasteiger partial charge in [-0.2, -0.15) is 0 Å². The van der Waals surface area contributed by atoms with Crippen molar-refractivity contribution in [2.24, 2.45) is 0 Å². The van der Waals surface area contributed by atoms with Crippen LogP contribution in [-0.2, 0) is 6.42 Å². The second-order valence-corrected chi connectivity index (χ2v) is 5.68. The van der Waals surface area contributed by atoms with E-state index in [-0.39, 0.29) is 5.38 Å². The lowest BCUT2D eigenvalue weighted by Gasteiger charge is -2.08. The van der Waals surface area contributed by atoms with E-state index in [2.05, 4.69) is 31.2 Å².